The van der Waals surface area contributed by atoms with Crippen LogP contribution in [0, 0.1) is 0 Å². The van der Waals surface area contributed by atoms with E-state index in [1.54, 1.807) is 0 Å². The van der Waals surface area contributed by atoms with E-state index in [2.05, 4.69) is 13.7 Å². The Morgan fingerprint density at radius 2 is 1.76 bits per heavy atom. The lowest BCUT2D eigenvalue weighted by atomic mass is 10.2. The molecule has 0 amide bonds. The van der Waals surface area contributed by atoms with Crippen LogP contribution in [0.3, 0.4) is 0 Å². The van der Waals surface area contributed by atoms with Crippen LogP contribution >= 0.6 is 10.5 Å². The molecule has 0 saturated heterocycles. The molecular weight excluding hydrogens is 327 g/mol. The average molecular weight is 336 g/mol. The lowest BCUT2D eigenvalue weighted by Crippen LogP contribution is -2.16. The van der Waals surface area contributed by atoms with Crippen LogP contribution in [0.2, 0.25) is 0 Å². The van der Waals surface area contributed by atoms with E-state index in [1.807, 2.05) is 0 Å². The van der Waals surface area contributed by atoms with Gasteiger partial charge < -0.3 is 13.7 Å². The van der Waals surface area contributed by atoms with Crippen LogP contribution in [0.15, 0.2) is 24.3 Å². The maximum Gasteiger partial charge on any atom is 0.435 e. The molecule has 1 rings (SSSR count). The predicted molar refractivity (Wildman–Crippen MR) is 62.5 cm³/mol. The topological polar surface area (TPSA) is 61.8 Å². The number of ether oxygens (including phenoxy) is 2. The Hall–Kier alpha value is -2.04. The fourth-order valence-corrected chi connectivity index (χ4v) is 1.59. The van der Waals surface area contributed by atoms with Gasteiger partial charge in [-0.1, -0.05) is 25.5 Å². The standard InChI is InChI=1S/C10H9F5O5S/c1-18-9(16)6-19-10(17)7-3-2-4-8(5-7)20-21(11,12,13,14)15/h2-5H,6H2,1H3. The van der Waals surface area contributed by atoms with Gasteiger partial charge in [-0.15, -0.1) is 0 Å². The van der Waals surface area contributed by atoms with Gasteiger partial charge in [-0.05, 0) is 18.2 Å². The SMILES string of the molecule is COC(=O)COC(=O)c1cccc(OS(F)(F)(F)(F)F)c1. The summed E-state index contributed by atoms with van der Waals surface area (Å²) in [4.78, 5) is 22.1. The minimum Gasteiger partial charge on any atom is -0.466 e. The third kappa shape index (κ3) is 6.79. The number of hydrogen-bond acceptors (Lipinski definition) is 5. The largest absolute Gasteiger partial charge is 0.466 e. The molecule has 0 fully saturated rings. The number of methoxy groups -OCH3 is 1. The molecule has 0 aliphatic rings. The van der Waals surface area contributed by atoms with Gasteiger partial charge in [0.15, 0.2) is 6.61 Å². The maximum absolute atomic E-state index is 12.1. The molecule has 0 aliphatic heterocycles. The van der Waals surface area contributed by atoms with Crippen LogP contribution in [0.25, 0.3) is 0 Å². The second-order valence-corrected chi connectivity index (χ2v) is 5.62. The first kappa shape index (κ1) is 17.0. The summed E-state index contributed by atoms with van der Waals surface area (Å²) in [6.45, 7) is -0.776. The summed E-state index contributed by atoms with van der Waals surface area (Å²) in [5, 5.41) is 0. The zero-order valence-corrected chi connectivity index (χ0v) is 11.2. The molecule has 0 heterocycles. The predicted octanol–water partition coefficient (Wildman–Crippen LogP) is 3.61. The summed E-state index contributed by atoms with van der Waals surface area (Å²) in [7, 11) is -9.10. The molecule has 0 N–H and O–H groups in total. The third-order valence-corrected chi connectivity index (χ3v) is 2.38. The number of esters is 2. The van der Waals surface area contributed by atoms with Crippen LogP contribution in [0.4, 0.5) is 19.4 Å². The molecule has 11 heteroatoms. The van der Waals surface area contributed by atoms with Crippen molar-refractivity contribution in [3.8, 4) is 5.75 Å². The number of carbonyl (C=O) groups excluding carboxylic acids is 2. The van der Waals surface area contributed by atoms with Crippen LogP contribution in [0.1, 0.15) is 10.4 Å². The van der Waals surface area contributed by atoms with Crippen molar-refractivity contribution in [2.75, 3.05) is 13.7 Å². The average Bonchev–Trinajstić information content (AvgIpc) is 2.31. The number of benzene rings is 1. The highest BCUT2D eigenvalue weighted by Gasteiger charge is 2.67. The van der Waals surface area contributed by atoms with Crippen molar-refractivity contribution in [3.05, 3.63) is 29.8 Å². The minimum absolute atomic E-state index is 0.414. The Kier molecular flexibility index (Phi) is 3.85. The highest BCUT2D eigenvalue weighted by Crippen LogP contribution is 2.97. The van der Waals surface area contributed by atoms with E-state index in [9.17, 15) is 29.0 Å². The van der Waals surface area contributed by atoms with E-state index in [1.165, 1.54) is 0 Å². The summed E-state index contributed by atoms with van der Waals surface area (Å²) < 4.78 is 72.0. The van der Waals surface area contributed by atoms with E-state index in [4.69, 9.17) is 0 Å². The lowest BCUT2D eigenvalue weighted by molar-refractivity contribution is -0.144. The van der Waals surface area contributed by atoms with E-state index < -0.39 is 40.4 Å². The maximum atomic E-state index is 12.1. The van der Waals surface area contributed by atoms with Crippen molar-refractivity contribution < 1.29 is 42.7 Å². The first-order valence-electron chi connectivity index (χ1n) is 5.08. The molecule has 0 unspecified atom stereocenters. The van der Waals surface area contributed by atoms with Gasteiger partial charge in [0.25, 0.3) is 0 Å². The van der Waals surface area contributed by atoms with E-state index in [0.717, 1.165) is 19.2 Å². The van der Waals surface area contributed by atoms with Crippen LogP contribution < -0.4 is 4.18 Å². The van der Waals surface area contributed by atoms with Crippen molar-refractivity contribution in [1.82, 2.24) is 0 Å². The fraction of sp³-hybridized carbons (Fsp3) is 0.200. The molecule has 5 nitrogen and oxygen atoms in total. The molecule has 0 saturated carbocycles. The zero-order chi connectivity index (χ0) is 16.4. The van der Waals surface area contributed by atoms with Gasteiger partial charge in [0, 0.05) is 0 Å². The number of rotatable bonds is 5. The molecule has 0 aromatic heterocycles. The Labute approximate surface area is 115 Å². The highest BCUT2D eigenvalue weighted by atomic mass is 32.5. The summed E-state index contributed by atoms with van der Waals surface area (Å²) in [6.07, 6.45) is 0. The Balaban J connectivity index is 2.87. The second-order valence-electron chi connectivity index (χ2n) is 3.66. The molecule has 0 atom stereocenters. The molecule has 0 radical (unpaired) electrons. The van der Waals surface area contributed by atoms with Gasteiger partial charge in [0.2, 0.25) is 0 Å². The zero-order valence-electron chi connectivity index (χ0n) is 10.4. The first-order chi connectivity index (χ1) is 9.29. The Morgan fingerprint density at radius 3 is 2.29 bits per heavy atom. The summed E-state index contributed by atoms with van der Waals surface area (Å²) >= 11 is 0. The van der Waals surface area contributed by atoms with E-state index >= 15 is 0 Å². The summed E-state index contributed by atoms with van der Waals surface area (Å²) in [5.74, 6) is -3.38. The van der Waals surface area contributed by atoms with Gasteiger partial charge in [0.05, 0.1) is 12.7 Å². The first-order valence-corrected chi connectivity index (χ1v) is 6.96. The lowest BCUT2D eigenvalue weighted by Gasteiger charge is -2.39. The van der Waals surface area contributed by atoms with Gasteiger partial charge >= 0.3 is 22.4 Å². The van der Waals surface area contributed by atoms with Crippen LogP contribution in [-0.4, -0.2) is 25.7 Å². The van der Waals surface area contributed by atoms with Crippen LogP contribution in [-0.2, 0) is 14.3 Å². The Bertz CT molecular complexity index is 570. The van der Waals surface area contributed by atoms with Crippen molar-refractivity contribution in [1.29, 1.82) is 0 Å². The van der Waals surface area contributed by atoms with Gasteiger partial charge in [-0.3, -0.25) is 0 Å². The molecule has 1 aromatic rings. The monoisotopic (exact) mass is 336 g/mol. The molecular formula is C10H9F5O5S. The molecule has 1 aromatic carbocycles. The smallest absolute Gasteiger partial charge is 0.435 e. The fourth-order valence-electron chi connectivity index (χ4n) is 1.12. The van der Waals surface area contributed by atoms with Crippen molar-refractivity contribution in [2.45, 2.75) is 0 Å². The molecule has 0 spiro atoms. The van der Waals surface area contributed by atoms with Gasteiger partial charge in [0.1, 0.15) is 5.75 Å². The number of carbonyl (C=O) groups is 2. The highest BCUT2D eigenvalue weighted by molar-refractivity contribution is 8.42. The molecule has 120 valence electrons. The molecule has 21 heavy (non-hydrogen) atoms. The summed E-state index contributed by atoms with van der Waals surface area (Å²) in [6, 6.07) is 2.89. The van der Waals surface area contributed by atoms with E-state index in [-0.39, 0.29) is 0 Å². The third-order valence-electron chi connectivity index (χ3n) is 1.87. The van der Waals surface area contributed by atoms with Crippen molar-refractivity contribution in [3.63, 3.8) is 0 Å². The van der Waals surface area contributed by atoms with Crippen molar-refractivity contribution in [2.24, 2.45) is 0 Å². The van der Waals surface area contributed by atoms with Gasteiger partial charge in [-0.25, -0.2) is 9.59 Å². The van der Waals surface area contributed by atoms with Crippen LogP contribution in [0.5, 0.6) is 5.75 Å². The normalized spacial score (nSPS) is 14.6. The molecule has 0 aliphatic carbocycles. The van der Waals surface area contributed by atoms with E-state index in [0.29, 0.717) is 12.1 Å². The number of hydrogen-bond donors (Lipinski definition) is 0. The second kappa shape index (κ2) is 4.76. The summed E-state index contributed by atoms with van der Waals surface area (Å²) in [5.41, 5.74) is -0.502. The Morgan fingerprint density at radius 1 is 1.14 bits per heavy atom. The quantitative estimate of drug-likeness (QED) is 0.607. The van der Waals surface area contributed by atoms with Crippen molar-refractivity contribution >= 4 is 22.4 Å². The number of halogens is 5. The molecule has 0 bridgehead atoms. The van der Waals surface area contributed by atoms with Gasteiger partial charge in [-0.2, -0.15) is 0 Å². The minimum atomic E-state index is -10.1.